The molecule has 0 spiro atoms. The minimum atomic E-state index is -0.536. The van der Waals surface area contributed by atoms with E-state index in [1.54, 1.807) is 18.2 Å². The molecule has 2 rings (SSSR count). The van der Waals surface area contributed by atoms with E-state index in [0.717, 1.165) is 16.8 Å². The zero-order chi connectivity index (χ0) is 12.4. The van der Waals surface area contributed by atoms with Gasteiger partial charge in [-0.3, -0.25) is 0 Å². The molecule has 0 amide bonds. The van der Waals surface area contributed by atoms with E-state index in [1.165, 1.54) is 0 Å². The summed E-state index contributed by atoms with van der Waals surface area (Å²) in [5.41, 5.74) is 12.5. The lowest BCUT2D eigenvalue weighted by atomic mass is 10.1. The number of hydrogen-bond donors (Lipinski definition) is 2. The molecule has 0 unspecified atom stereocenters. The van der Waals surface area contributed by atoms with Crippen molar-refractivity contribution in [2.24, 2.45) is 0 Å². The van der Waals surface area contributed by atoms with Crippen molar-refractivity contribution in [2.75, 3.05) is 11.5 Å². The molecule has 0 aliphatic carbocycles. The molecule has 86 valence electrons. The summed E-state index contributed by atoms with van der Waals surface area (Å²) in [5, 5.41) is 1.81. The number of rotatable bonds is 2. The minimum absolute atomic E-state index is 0.326. The number of fused-ring (bicyclic) bond motifs is 1. The molecule has 0 heterocycles. The molecule has 0 fully saturated rings. The Morgan fingerprint density at radius 3 is 2.65 bits per heavy atom. The Morgan fingerprint density at radius 2 is 1.94 bits per heavy atom. The summed E-state index contributed by atoms with van der Waals surface area (Å²) in [7, 11) is 0. The van der Waals surface area contributed by atoms with E-state index >= 15 is 0 Å². The quantitative estimate of drug-likeness (QED) is 0.357. The molecule has 0 bridgehead atoms. The van der Waals surface area contributed by atoms with Crippen LogP contribution in [0, 0.1) is 0 Å². The van der Waals surface area contributed by atoms with E-state index in [-0.39, 0.29) is 0 Å². The molecule has 2 aromatic carbocycles. The van der Waals surface area contributed by atoms with E-state index in [0.29, 0.717) is 17.1 Å². The molecule has 0 atom stereocenters. The van der Waals surface area contributed by atoms with Crippen LogP contribution < -0.4 is 16.2 Å². The Bertz CT molecular complexity index is 606. The lowest BCUT2D eigenvalue weighted by molar-refractivity contribution is -0.128. The maximum absolute atomic E-state index is 11.1. The molecule has 2 aromatic rings. The second-order valence-corrected chi connectivity index (χ2v) is 3.62. The van der Waals surface area contributed by atoms with Gasteiger partial charge < -0.3 is 16.2 Å². The Morgan fingerprint density at radius 1 is 1.18 bits per heavy atom. The summed E-state index contributed by atoms with van der Waals surface area (Å²) < 4.78 is 5.02. The Balaban J connectivity index is 2.51. The summed E-state index contributed by atoms with van der Waals surface area (Å²) in [4.78, 5) is 11.1. The second kappa shape index (κ2) is 4.17. The van der Waals surface area contributed by atoms with Crippen LogP contribution in [0.2, 0.25) is 0 Å². The first kappa shape index (κ1) is 11.0. The average molecular weight is 228 g/mol. The number of carbonyl (C=O) groups is 1. The van der Waals surface area contributed by atoms with Gasteiger partial charge in [0.2, 0.25) is 0 Å². The lowest BCUT2D eigenvalue weighted by Gasteiger charge is -2.07. The molecule has 0 aliphatic rings. The smallest absolute Gasteiger partial charge is 0.335 e. The van der Waals surface area contributed by atoms with Crippen molar-refractivity contribution in [3.05, 3.63) is 43.0 Å². The standard InChI is InChI=1S/C13H12N2O2/c1-2-13(16)17-12-7-8-3-4-10(14)5-9(8)6-11(12)15/h2-7H,1,14-15H2. The van der Waals surface area contributed by atoms with Gasteiger partial charge in [-0.25, -0.2) is 4.79 Å². The van der Waals surface area contributed by atoms with Gasteiger partial charge in [0.05, 0.1) is 5.69 Å². The van der Waals surface area contributed by atoms with E-state index < -0.39 is 5.97 Å². The first-order valence-electron chi connectivity index (χ1n) is 5.03. The number of esters is 1. The van der Waals surface area contributed by atoms with E-state index in [9.17, 15) is 4.79 Å². The fourth-order valence-electron chi connectivity index (χ4n) is 1.55. The van der Waals surface area contributed by atoms with Crippen molar-refractivity contribution in [3.63, 3.8) is 0 Å². The Kier molecular flexibility index (Phi) is 2.70. The monoisotopic (exact) mass is 228 g/mol. The van der Waals surface area contributed by atoms with E-state index in [4.69, 9.17) is 16.2 Å². The van der Waals surface area contributed by atoms with Crippen LogP contribution in [0.4, 0.5) is 11.4 Å². The van der Waals surface area contributed by atoms with Gasteiger partial charge in [-0.2, -0.15) is 0 Å². The number of anilines is 2. The molecular weight excluding hydrogens is 216 g/mol. The highest BCUT2D eigenvalue weighted by Crippen LogP contribution is 2.29. The number of benzene rings is 2. The van der Waals surface area contributed by atoms with Gasteiger partial charge in [-0.1, -0.05) is 12.6 Å². The minimum Gasteiger partial charge on any atom is -0.421 e. The summed E-state index contributed by atoms with van der Waals surface area (Å²) in [6.45, 7) is 3.33. The summed E-state index contributed by atoms with van der Waals surface area (Å²) in [5.74, 6) is -0.210. The molecule has 4 nitrogen and oxygen atoms in total. The topological polar surface area (TPSA) is 78.3 Å². The zero-order valence-electron chi connectivity index (χ0n) is 9.14. The number of hydrogen-bond acceptors (Lipinski definition) is 4. The average Bonchev–Trinajstić information content (AvgIpc) is 2.30. The fraction of sp³-hybridized carbons (Fsp3) is 0. The third-order valence-electron chi connectivity index (χ3n) is 2.37. The third kappa shape index (κ3) is 2.20. The molecule has 0 aliphatic heterocycles. The van der Waals surface area contributed by atoms with Gasteiger partial charge in [0, 0.05) is 11.8 Å². The van der Waals surface area contributed by atoms with Crippen LogP contribution >= 0.6 is 0 Å². The maximum Gasteiger partial charge on any atom is 0.335 e. The third-order valence-corrected chi connectivity index (χ3v) is 2.37. The van der Waals surface area contributed by atoms with Crippen LogP contribution in [0.1, 0.15) is 0 Å². The maximum atomic E-state index is 11.1. The second-order valence-electron chi connectivity index (χ2n) is 3.62. The normalized spacial score (nSPS) is 10.1. The predicted molar refractivity (Wildman–Crippen MR) is 68.6 cm³/mol. The van der Waals surface area contributed by atoms with Gasteiger partial charge in [0.15, 0.2) is 5.75 Å². The summed E-state index contributed by atoms with van der Waals surface area (Å²) in [6, 6.07) is 8.85. The van der Waals surface area contributed by atoms with Crippen molar-refractivity contribution in [2.45, 2.75) is 0 Å². The zero-order valence-corrected chi connectivity index (χ0v) is 9.14. The number of ether oxygens (including phenoxy) is 1. The fourth-order valence-corrected chi connectivity index (χ4v) is 1.55. The van der Waals surface area contributed by atoms with Crippen LogP contribution in [-0.4, -0.2) is 5.97 Å². The van der Waals surface area contributed by atoms with Gasteiger partial charge in [0.25, 0.3) is 0 Å². The first-order chi connectivity index (χ1) is 8.10. The van der Waals surface area contributed by atoms with Gasteiger partial charge >= 0.3 is 5.97 Å². The highest BCUT2D eigenvalue weighted by molar-refractivity contribution is 5.92. The van der Waals surface area contributed by atoms with E-state index in [1.807, 2.05) is 12.1 Å². The highest BCUT2D eigenvalue weighted by atomic mass is 16.5. The van der Waals surface area contributed by atoms with Crippen LogP contribution in [0.5, 0.6) is 5.75 Å². The van der Waals surface area contributed by atoms with E-state index in [2.05, 4.69) is 6.58 Å². The number of nitrogens with two attached hydrogens (primary N) is 2. The van der Waals surface area contributed by atoms with Crippen LogP contribution in [0.15, 0.2) is 43.0 Å². The van der Waals surface area contributed by atoms with Crippen LogP contribution in [-0.2, 0) is 4.79 Å². The van der Waals surface area contributed by atoms with Crippen molar-refractivity contribution in [3.8, 4) is 5.75 Å². The summed E-state index contributed by atoms with van der Waals surface area (Å²) in [6.07, 6.45) is 1.09. The predicted octanol–water partition coefficient (Wildman–Crippen LogP) is 2.10. The van der Waals surface area contributed by atoms with Gasteiger partial charge in [0.1, 0.15) is 0 Å². The van der Waals surface area contributed by atoms with Gasteiger partial charge in [-0.15, -0.1) is 0 Å². The summed E-state index contributed by atoms with van der Waals surface area (Å²) >= 11 is 0. The molecule has 4 heteroatoms. The number of nitrogen functional groups attached to an aromatic ring is 2. The van der Waals surface area contributed by atoms with Crippen molar-refractivity contribution < 1.29 is 9.53 Å². The molecule has 17 heavy (non-hydrogen) atoms. The molecule has 0 saturated carbocycles. The Hall–Kier alpha value is -2.49. The van der Waals surface area contributed by atoms with Crippen molar-refractivity contribution in [1.82, 2.24) is 0 Å². The number of carbonyl (C=O) groups excluding carboxylic acids is 1. The molecule has 4 N–H and O–H groups in total. The Labute approximate surface area is 98.5 Å². The SMILES string of the molecule is C=CC(=O)Oc1cc2ccc(N)cc2cc1N. The molecule has 0 aromatic heterocycles. The lowest BCUT2D eigenvalue weighted by Crippen LogP contribution is -2.05. The molecular formula is C13H12N2O2. The highest BCUT2D eigenvalue weighted by Gasteiger charge is 2.06. The molecule has 0 saturated heterocycles. The molecule has 0 radical (unpaired) electrons. The van der Waals surface area contributed by atoms with Crippen LogP contribution in [0.25, 0.3) is 10.8 Å². The van der Waals surface area contributed by atoms with Gasteiger partial charge in [-0.05, 0) is 35.0 Å². The van der Waals surface area contributed by atoms with Crippen LogP contribution in [0.3, 0.4) is 0 Å². The largest absolute Gasteiger partial charge is 0.421 e. The first-order valence-corrected chi connectivity index (χ1v) is 5.03. The van der Waals surface area contributed by atoms with Crippen molar-refractivity contribution in [1.29, 1.82) is 0 Å². The van der Waals surface area contributed by atoms with Crippen molar-refractivity contribution >= 4 is 28.1 Å².